The highest BCUT2D eigenvalue weighted by Crippen LogP contribution is 2.20. The van der Waals surface area contributed by atoms with Gasteiger partial charge >= 0.3 is 0 Å². The lowest BCUT2D eigenvalue weighted by Gasteiger charge is -2.15. The number of carbonyl (C=O) groups is 1. The molecule has 0 saturated carbocycles. The third-order valence-corrected chi connectivity index (χ3v) is 4.50. The van der Waals surface area contributed by atoms with Crippen molar-refractivity contribution in [2.75, 3.05) is 13.1 Å². The van der Waals surface area contributed by atoms with E-state index in [1.807, 2.05) is 24.4 Å². The summed E-state index contributed by atoms with van der Waals surface area (Å²) in [5.74, 6) is 0.566. The predicted molar refractivity (Wildman–Crippen MR) is 83.7 cm³/mol. The van der Waals surface area contributed by atoms with E-state index in [0.717, 1.165) is 15.9 Å². The number of aryl methyl sites for hydroxylation is 1. The molecule has 1 aliphatic rings. The molecule has 1 fully saturated rings. The Morgan fingerprint density at radius 2 is 2.38 bits per heavy atom. The van der Waals surface area contributed by atoms with Crippen molar-refractivity contribution < 1.29 is 9.53 Å². The molecule has 0 aliphatic carbocycles. The van der Waals surface area contributed by atoms with Crippen LogP contribution in [-0.4, -0.2) is 40.0 Å². The first-order valence-corrected chi connectivity index (χ1v) is 8.29. The maximum atomic E-state index is 12.3. The second-order valence-electron chi connectivity index (χ2n) is 4.85. The molecule has 1 atom stereocenters. The van der Waals surface area contributed by atoms with Crippen molar-refractivity contribution in [3.8, 4) is 5.88 Å². The van der Waals surface area contributed by atoms with Gasteiger partial charge in [-0.1, -0.05) is 0 Å². The largest absolute Gasteiger partial charge is 0.472 e. The van der Waals surface area contributed by atoms with E-state index in [2.05, 4.69) is 25.9 Å². The summed E-state index contributed by atoms with van der Waals surface area (Å²) in [7, 11) is 0. The zero-order valence-electron chi connectivity index (χ0n) is 11.5. The lowest BCUT2D eigenvalue weighted by Crippen LogP contribution is -2.31. The fourth-order valence-electron chi connectivity index (χ4n) is 2.24. The Morgan fingerprint density at radius 1 is 1.52 bits per heavy atom. The van der Waals surface area contributed by atoms with Gasteiger partial charge in [0.2, 0.25) is 5.88 Å². The van der Waals surface area contributed by atoms with Crippen LogP contribution in [0.2, 0.25) is 0 Å². The quantitative estimate of drug-likeness (QED) is 0.836. The van der Waals surface area contributed by atoms with E-state index >= 15 is 0 Å². The molecule has 5 nitrogen and oxygen atoms in total. The van der Waals surface area contributed by atoms with Crippen LogP contribution in [0.4, 0.5) is 0 Å². The van der Waals surface area contributed by atoms with E-state index in [4.69, 9.17) is 4.74 Å². The zero-order chi connectivity index (χ0) is 14.8. The molecule has 0 spiro atoms. The van der Waals surface area contributed by atoms with Crippen LogP contribution in [0, 0.1) is 6.92 Å². The van der Waals surface area contributed by atoms with Crippen molar-refractivity contribution in [1.82, 2.24) is 14.9 Å². The summed E-state index contributed by atoms with van der Waals surface area (Å²) in [6.07, 6.45) is 2.50. The fraction of sp³-hybridized carbons (Fsp3) is 0.357. The first-order chi connectivity index (χ1) is 10.1. The minimum atomic E-state index is -0.0192. The number of halogens is 1. The van der Waals surface area contributed by atoms with Gasteiger partial charge in [-0.3, -0.25) is 4.79 Å². The molecule has 1 saturated heterocycles. The molecule has 7 heteroatoms. The number of aromatic nitrogens is 2. The van der Waals surface area contributed by atoms with Crippen molar-refractivity contribution in [1.29, 1.82) is 0 Å². The zero-order valence-corrected chi connectivity index (χ0v) is 13.9. The summed E-state index contributed by atoms with van der Waals surface area (Å²) in [5.41, 5.74) is 0.528. The molecule has 1 aliphatic heterocycles. The lowest BCUT2D eigenvalue weighted by molar-refractivity contribution is 0.0766. The fourth-order valence-corrected chi connectivity index (χ4v) is 3.06. The molecule has 2 aromatic rings. The third kappa shape index (κ3) is 3.41. The van der Waals surface area contributed by atoms with Gasteiger partial charge in [-0.2, -0.15) is 0 Å². The topological polar surface area (TPSA) is 55.3 Å². The highest BCUT2D eigenvalue weighted by atomic mass is 79.9. The van der Waals surface area contributed by atoms with Crippen LogP contribution < -0.4 is 4.74 Å². The number of ether oxygens (including phenoxy) is 1. The number of thiazole rings is 1. The molecular weight excluding hydrogens is 354 g/mol. The van der Waals surface area contributed by atoms with E-state index in [1.165, 1.54) is 11.3 Å². The van der Waals surface area contributed by atoms with Crippen LogP contribution in [0.25, 0.3) is 0 Å². The summed E-state index contributed by atoms with van der Waals surface area (Å²) in [5, 5.41) is 2.71. The molecule has 110 valence electrons. The van der Waals surface area contributed by atoms with Gasteiger partial charge in [0.25, 0.3) is 5.91 Å². The Bertz CT molecular complexity index is 644. The summed E-state index contributed by atoms with van der Waals surface area (Å²) in [4.78, 5) is 22.5. The van der Waals surface area contributed by atoms with E-state index in [0.29, 0.717) is 24.7 Å². The molecule has 21 heavy (non-hydrogen) atoms. The molecular formula is C14H14BrN3O2S. The van der Waals surface area contributed by atoms with Crippen LogP contribution >= 0.6 is 27.3 Å². The molecule has 0 radical (unpaired) electrons. The SMILES string of the molecule is Cc1nc(C(=O)N2CCC(Oc3ccc(Br)cn3)C2)cs1. The number of carbonyl (C=O) groups excluding carboxylic acids is 1. The lowest BCUT2D eigenvalue weighted by atomic mass is 10.3. The second-order valence-corrected chi connectivity index (χ2v) is 6.82. The first kappa shape index (κ1) is 14.5. The summed E-state index contributed by atoms with van der Waals surface area (Å²) in [6.45, 7) is 3.17. The molecule has 2 aromatic heterocycles. The number of likely N-dealkylation sites (tertiary alicyclic amines) is 1. The van der Waals surface area contributed by atoms with E-state index in [9.17, 15) is 4.79 Å². The molecule has 3 rings (SSSR count). The number of nitrogens with zero attached hydrogens (tertiary/aromatic N) is 3. The van der Waals surface area contributed by atoms with Crippen LogP contribution in [0.15, 0.2) is 28.2 Å². The third-order valence-electron chi connectivity index (χ3n) is 3.26. The smallest absolute Gasteiger partial charge is 0.273 e. The molecule has 0 bridgehead atoms. The van der Waals surface area contributed by atoms with Crippen molar-refractivity contribution in [3.05, 3.63) is 38.9 Å². The normalized spacial score (nSPS) is 18.0. The number of amides is 1. The predicted octanol–water partition coefficient (Wildman–Crippen LogP) is 2.90. The van der Waals surface area contributed by atoms with Gasteiger partial charge in [0.1, 0.15) is 11.8 Å². The standard InChI is InChI=1S/C14H14BrN3O2S/c1-9-17-12(8-21-9)14(19)18-5-4-11(7-18)20-13-3-2-10(15)6-16-13/h2-3,6,8,11H,4-5,7H2,1H3. The Labute approximate surface area is 135 Å². The maximum Gasteiger partial charge on any atom is 0.273 e. The molecule has 0 N–H and O–H groups in total. The van der Waals surface area contributed by atoms with Crippen molar-refractivity contribution in [2.24, 2.45) is 0 Å². The Balaban J connectivity index is 1.60. The summed E-state index contributed by atoms with van der Waals surface area (Å²) in [6, 6.07) is 3.70. The van der Waals surface area contributed by atoms with Gasteiger partial charge in [0, 0.05) is 35.1 Å². The van der Waals surface area contributed by atoms with Crippen molar-refractivity contribution in [2.45, 2.75) is 19.4 Å². The molecule has 1 unspecified atom stereocenters. The molecule has 1 amide bonds. The number of hydrogen-bond donors (Lipinski definition) is 0. The van der Waals surface area contributed by atoms with Gasteiger partial charge in [-0.05, 0) is 28.9 Å². The van der Waals surface area contributed by atoms with E-state index < -0.39 is 0 Å². The minimum absolute atomic E-state index is 0.0117. The van der Waals surface area contributed by atoms with Gasteiger partial charge in [0.05, 0.1) is 11.6 Å². The van der Waals surface area contributed by atoms with Crippen molar-refractivity contribution in [3.63, 3.8) is 0 Å². The average Bonchev–Trinajstić information content (AvgIpc) is 3.10. The van der Waals surface area contributed by atoms with Gasteiger partial charge < -0.3 is 9.64 Å². The van der Waals surface area contributed by atoms with Crippen molar-refractivity contribution >= 4 is 33.2 Å². The monoisotopic (exact) mass is 367 g/mol. The summed E-state index contributed by atoms with van der Waals surface area (Å²) >= 11 is 4.83. The van der Waals surface area contributed by atoms with Gasteiger partial charge in [0.15, 0.2) is 0 Å². The molecule has 3 heterocycles. The number of hydrogen-bond acceptors (Lipinski definition) is 5. The van der Waals surface area contributed by atoms with Crippen LogP contribution in [0.3, 0.4) is 0 Å². The number of rotatable bonds is 3. The average molecular weight is 368 g/mol. The minimum Gasteiger partial charge on any atom is -0.472 e. The highest BCUT2D eigenvalue weighted by Gasteiger charge is 2.29. The summed E-state index contributed by atoms with van der Waals surface area (Å²) < 4.78 is 6.72. The Hall–Kier alpha value is -1.47. The maximum absolute atomic E-state index is 12.3. The van der Waals surface area contributed by atoms with E-state index in [-0.39, 0.29) is 12.0 Å². The van der Waals surface area contributed by atoms with Crippen LogP contribution in [-0.2, 0) is 0 Å². The van der Waals surface area contributed by atoms with E-state index in [1.54, 1.807) is 11.1 Å². The first-order valence-electron chi connectivity index (χ1n) is 6.61. The highest BCUT2D eigenvalue weighted by molar-refractivity contribution is 9.10. The van der Waals surface area contributed by atoms with Crippen LogP contribution in [0.5, 0.6) is 5.88 Å². The Kier molecular flexibility index (Phi) is 4.21. The second kappa shape index (κ2) is 6.11. The molecule has 0 aromatic carbocycles. The van der Waals surface area contributed by atoms with Gasteiger partial charge in [-0.25, -0.2) is 9.97 Å². The number of pyridine rings is 1. The van der Waals surface area contributed by atoms with Gasteiger partial charge in [-0.15, -0.1) is 11.3 Å². The Morgan fingerprint density at radius 3 is 3.05 bits per heavy atom. The van der Waals surface area contributed by atoms with Crippen LogP contribution in [0.1, 0.15) is 21.9 Å².